The Hall–Kier alpha value is -3.10. The molecule has 0 spiro atoms. The zero-order valence-corrected chi connectivity index (χ0v) is 26.0. The molecule has 0 saturated carbocycles. The van der Waals surface area contributed by atoms with Crippen LogP contribution in [0.3, 0.4) is 0 Å². The van der Waals surface area contributed by atoms with Gasteiger partial charge < -0.3 is 23.9 Å². The number of rotatable bonds is 3. The first-order chi connectivity index (χ1) is 19.8. The molecule has 0 unspecified atom stereocenters. The zero-order valence-electron chi connectivity index (χ0n) is 26.0. The van der Waals surface area contributed by atoms with Crippen molar-refractivity contribution in [3.63, 3.8) is 0 Å². The number of aromatic nitrogens is 2. The second-order valence-corrected chi connectivity index (χ2v) is 14.7. The molecule has 7 rings (SSSR count). The lowest BCUT2D eigenvalue weighted by Crippen LogP contribution is -2.41. The van der Waals surface area contributed by atoms with Gasteiger partial charge in [-0.3, -0.25) is 4.79 Å². The highest BCUT2D eigenvalue weighted by Gasteiger charge is 2.51. The molecule has 2 aromatic carbocycles. The number of amides is 1. The second-order valence-electron chi connectivity index (χ2n) is 14.7. The van der Waals surface area contributed by atoms with Crippen LogP contribution in [0.25, 0.3) is 22.4 Å². The Morgan fingerprint density at radius 3 is 2.52 bits per heavy atom. The number of aryl methyl sites for hydroxylation is 2. The van der Waals surface area contributed by atoms with Crippen molar-refractivity contribution in [3.8, 4) is 28.1 Å². The molecule has 1 amide bonds. The SMILES string of the molecule is CC(C)(C)CC(=O)N1CCC[C@H]1c1nc2c([nH]1)CCc1cc3c(cc1-2)OCc1cc(B2OC(C)(C)C(C)(C)O2)ccc1-3. The van der Waals surface area contributed by atoms with Gasteiger partial charge in [-0.1, -0.05) is 39.0 Å². The smallest absolute Gasteiger partial charge is 0.488 e. The number of H-pyrrole nitrogens is 1. The molecule has 2 saturated heterocycles. The minimum atomic E-state index is -0.392. The fourth-order valence-electron chi connectivity index (χ4n) is 6.81. The zero-order chi connectivity index (χ0) is 29.6. The third-order valence-electron chi connectivity index (χ3n) is 9.80. The molecule has 0 bridgehead atoms. The number of fused-ring (bicyclic) bond motifs is 6. The van der Waals surface area contributed by atoms with Crippen molar-refractivity contribution in [3.05, 3.63) is 53.0 Å². The third-order valence-corrected chi connectivity index (χ3v) is 9.80. The fourth-order valence-corrected chi connectivity index (χ4v) is 6.81. The van der Waals surface area contributed by atoms with Crippen LogP contribution in [0.2, 0.25) is 0 Å². The molecule has 8 heteroatoms. The molecule has 3 aliphatic heterocycles. The maximum Gasteiger partial charge on any atom is 0.494 e. The lowest BCUT2D eigenvalue weighted by molar-refractivity contribution is -0.134. The Morgan fingerprint density at radius 2 is 1.79 bits per heavy atom. The summed E-state index contributed by atoms with van der Waals surface area (Å²) in [5.74, 6) is 2.04. The summed E-state index contributed by atoms with van der Waals surface area (Å²) < 4.78 is 19.0. The minimum Gasteiger partial charge on any atom is -0.488 e. The molecule has 7 nitrogen and oxygen atoms in total. The summed E-state index contributed by atoms with van der Waals surface area (Å²) in [4.78, 5) is 24.0. The molecular formula is C34H42BN3O4. The van der Waals surface area contributed by atoms with E-state index in [4.69, 9.17) is 19.0 Å². The highest BCUT2D eigenvalue weighted by molar-refractivity contribution is 6.62. The third kappa shape index (κ3) is 4.58. The minimum absolute atomic E-state index is 0.0211. The first kappa shape index (κ1) is 27.7. The number of carbonyl (C=O) groups excluding carboxylic acids is 1. The van der Waals surface area contributed by atoms with Crippen LogP contribution >= 0.6 is 0 Å². The van der Waals surface area contributed by atoms with Crippen LogP contribution in [0.1, 0.15) is 96.4 Å². The van der Waals surface area contributed by atoms with Gasteiger partial charge in [-0.2, -0.15) is 0 Å². The van der Waals surface area contributed by atoms with Gasteiger partial charge in [0, 0.05) is 29.8 Å². The van der Waals surface area contributed by atoms with Crippen molar-refractivity contribution in [1.82, 2.24) is 14.9 Å². The fraction of sp³-hybridized carbons (Fsp3) is 0.529. The van der Waals surface area contributed by atoms with E-state index in [1.165, 1.54) is 11.1 Å². The number of hydrogen-bond donors (Lipinski definition) is 1. The molecule has 3 aromatic rings. The molecule has 1 atom stereocenters. The molecule has 1 aliphatic carbocycles. The number of ether oxygens (including phenoxy) is 1. The van der Waals surface area contributed by atoms with E-state index in [1.54, 1.807) is 0 Å². The Kier molecular flexibility index (Phi) is 6.24. The van der Waals surface area contributed by atoms with Gasteiger partial charge >= 0.3 is 7.12 Å². The summed E-state index contributed by atoms with van der Waals surface area (Å²) in [7, 11) is -0.392. The number of imidazole rings is 1. The largest absolute Gasteiger partial charge is 0.494 e. The Bertz CT molecular complexity index is 1570. The van der Waals surface area contributed by atoms with Crippen LogP contribution < -0.4 is 10.2 Å². The number of nitrogens with one attached hydrogen (secondary N) is 1. The molecule has 4 heterocycles. The van der Waals surface area contributed by atoms with Gasteiger partial charge in [0.1, 0.15) is 18.2 Å². The number of aromatic amines is 1. The number of likely N-dealkylation sites (tertiary alicyclic amines) is 1. The highest BCUT2D eigenvalue weighted by atomic mass is 16.7. The van der Waals surface area contributed by atoms with Crippen LogP contribution in [0.5, 0.6) is 5.75 Å². The average Bonchev–Trinajstić information content (AvgIpc) is 3.62. The average molecular weight is 568 g/mol. The second kappa shape index (κ2) is 9.45. The maximum absolute atomic E-state index is 13.2. The van der Waals surface area contributed by atoms with E-state index in [9.17, 15) is 4.79 Å². The molecule has 0 radical (unpaired) electrons. The first-order valence-corrected chi connectivity index (χ1v) is 15.5. The van der Waals surface area contributed by atoms with Crippen molar-refractivity contribution >= 4 is 18.5 Å². The lowest BCUT2D eigenvalue weighted by atomic mass is 9.76. The Morgan fingerprint density at radius 1 is 1.02 bits per heavy atom. The van der Waals surface area contributed by atoms with Crippen molar-refractivity contribution in [2.45, 2.75) is 104 Å². The van der Waals surface area contributed by atoms with E-state index in [0.29, 0.717) is 13.0 Å². The standard InChI is InChI=1S/C34H42BN3O4/c1-32(2,3)18-29(39)38-14-8-9-27(38)31-36-26-13-10-20-16-25-23-12-11-22(35-41-33(4,5)34(6,7)42-35)15-21(23)19-40-28(25)17-24(20)30(26)37-31/h11-12,15-17,27H,8-10,13-14,18-19H2,1-7H3,(H,36,37)/t27-/m0/s1. The van der Waals surface area contributed by atoms with E-state index in [1.807, 2.05) is 4.90 Å². The molecule has 42 heavy (non-hydrogen) atoms. The summed E-state index contributed by atoms with van der Waals surface area (Å²) in [6.07, 6.45) is 4.36. The number of benzene rings is 2. The Labute approximate surface area is 249 Å². The molecule has 1 N–H and O–H groups in total. The molecular weight excluding hydrogens is 525 g/mol. The molecule has 2 fully saturated rings. The summed E-state index contributed by atoms with van der Waals surface area (Å²) in [6, 6.07) is 11.0. The van der Waals surface area contributed by atoms with Crippen LogP contribution in [0.15, 0.2) is 30.3 Å². The first-order valence-electron chi connectivity index (χ1n) is 15.5. The van der Waals surface area contributed by atoms with Crippen LogP contribution in [0.4, 0.5) is 0 Å². The number of carbonyl (C=O) groups is 1. The van der Waals surface area contributed by atoms with Crippen molar-refractivity contribution in [2.75, 3.05) is 6.54 Å². The van der Waals surface area contributed by atoms with E-state index in [0.717, 1.165) is 77.3 Å². The summed E-state index contributed by atoms with van der Waals surface area (Å²) in [6.45, 7) is 16.0. The van der Waals surface area contributed by atoms with Gasteiger partial charge in [-0.25, -0.2) is 4.98 Å². The van der Waals surface area contributed by atoms with Gasteiger partial charge in [0.25, 0.3) is 0 Å². The number of hydrogen-bond acceptors (Lipinski definition) is 5. The van der Waals surface area contributed by atoms with Crippen molar-refractivity contribution in [2.24, 2.45) is 5.41 Å². The predicted molar refractivity (Wildman–Crippen MR) is 165 cm³/mol. The maximum atomic E-state index is 13.2. The van der Waals surface area contributed by atoms with Crippen molar-refractivity contribution in [1.29, 1.82) is 0 Å². The monoisotopic (exact) mass is 567 g/mol. The van der Waals surface area contributed by atoms with Crippen molar-refractivity contribution < 1.29 is 18.8 Å². The van der Waals surface area contributed by atoms with Crippen LogP contribution in [-0.4, -0.2) is 45.6 Å². The molecule has 1 aromatic heterocycles. The summed E-state index contributed by atoms with van der Waals surface area (Å²) in [5.41, 5.74) is 8.32. The lowest BCUT2D eigenvalue weighted by Gasteiger charge is -2.32. The highest BCUT2D eigenvalue weighted by Crippen LogP contribution is 2.45. The van der Waals surface area contributed by atoms with Crippen LogP contribution in [0, 0.1) is 5.41 Å². The number of nitrogens with zero attached hydrogens (tertiary/aromatic N) is 2. The van der Waals surface area contributed by atoms with E-state index >= 15 is 0 Å². The molecule has 4 aliphatic rings. The van der Waals surface area contributed by atoms with Gasteiger partial charge in [-0.15, -0.1) is 0 Å². The molecule has 220 valence electrons. The quantitative estimate of drug-likeness (QED) is 0.385. The van der Waals surface area contributed by atoms with Crippen LogP contribution in [-0.2, 0) is 33.6 Å². The van der Waals surface area contributed by atoms with E-state index in [-0.39, 0.29) is 28.6 Å². The van der Waals surface area contributed by atoms with E-state index in [2.05, 4.69) is 83.8 Å². The summed E-state index contributed by atoms with van der Waals surface area (Å²) in [5, 5.41) is 0. The van der Waals surface area contributed by atoms with Gasteiger partial charge in [-0.05, 0) is 93.1 Å². The van der Waals surface area contributed by atoms with Gasteiger partial charge in [0.05, 0.1) is 22.9 Å². The Balaban J connectivity index is 1.17. The van der Waals surface area contributed by atoms with Gasteiger partial charge in [0.15, 0.2) is 0 Å². The predicted octanol–water partition coefficient (Wildman–Crippen LogP) is 6.13. The van der Waals surface area contributed by atoms with E-state index < -0.39 is 7.12 Å². The normalized spacial score (nSPS) is 21.8. The topological polar surface area (TPSA) is 76.7 Å². The van der Waals surface area contributed by atoms with Gasteiger partial charge in [0.2, 0.25) is 5.91 Å². The summed E-state index contributed by atoms with van der Waals surface area (Å²) >= 11 is 0.